The molecule has 0 aliphatic carbocycles. The molecule has 20 heavy (non-hydrogen) atoms. The highest BCUT2D eigenvalue weighted by Gasteiger charge is 2.22. The van der Waals surface area contributed by atoms with Crippen molar-refractivity contribution in [3.63, 3.8) is 0 Å². The summed E-state index contributed by atoms with van der Waals surface area (Å²) in [6.07, 6.45) is 1.05. The van der Waals surface area contributed by atoms with E-state index in [9.17, 15) is 18.4 Å². The normalized spacial score (nSPS) is 13.3. The number of benzene rings is 1. The minimum atomic E-state index is -3.27. The van der Waals surface area contributed by atoms with E-state index >= 15 is 0 Å². The van der Waals surface area contributed by atoms with Crippen LogP contribution < -0.4 is 4.74 Å². The number of sulfone groups is 1. The Morgan fingerprint density at radius 3 is 2.85 bits per heavy atom. The lowest BCUT2D eigenvalue weighted by Crippen LogP contribution is -2.24. The minimum Gasteiger partial charge on any atom is -0.424 e. The number of nitrogens with zero attached hydrogens (tertiary/aromatic N) is 3. The van der Waals surface area contributed by atoms with Gasteiger partial charge in [0.05, 0.1) is 11.7 Å². The lowest BCUT2D eigenvalue weighted by atomic mass is 10.2. The van der Waals surface area contributed by atoms with Crippen molar-refractivity contribution in [3.05, 3.63) is 18.2 Å². The molecule has 1 unspecified atom stereocenters. The van der Waals surface area contributed by atoms with Gasteiger partial charge < -0.3 is 9.94 Å². The molecule has 1 aromatic carbocycles. The van der Waals surface area contributed by atoms with Crippen molar-refractivity contribution in [1.82, 2.24) is 15.2 Å². The largest absolute Gasteiger partial charge is 0.424 e. The molecule has 0 radical (unpaired) electrons. The highest BCUT2D eigenvalue weighted by molar-refractivity contribution is 7.90. The van der Waals surface area contributed by atoms with Gasteiger partial charge in [0.25, 0.3) is 0 Å². The van der Waals surface area contributed by atoms with Crippen LogP contribution in [-0.2, 0) is 14.6 Å². The SMILES string of the molecule is CC(CS(C)(=O)=O)C(=O)Oc1cccc2c1nnn2O. The summed E-state index contributed by atoms with van der Waals surface area (Å²) < 4.78 is 27.4. The average molecular weight is 299 g/mol. The minimum absolute atomic E-state index is 0.119. The second kappa shape index (κ2) is 5.08. The van der Waals surface area contributed by atoms with Crippen molar-refractivity contribution in [2.75, 3.05) is 12.0 Å². The number of rotatable bonds is 4. The van der Waals surface area contributed by atoms with Gasteiger partial charge in [0, 0.05) is 6.26 Å². The zero-order valence-electron chi connectivity index (χ0n) is 10.8. The summed E-state index contributed by atoms with van der Waals surface area (Å²) in [5, 5.41) is 16.4. The summed E-state index contributed by atoms with van der Waals surface area (Å²) in [6, 6.07) is 4.59. The van der Waals surface area contributed by atoms with Crippen LogP contribution in [0.1, 0.15) is 6.92 Å². The number of carbonyl (C=O) groups is 1. The highest BCUT2D eigenvalue weighted by Crippen LogP contribution is 2.23. The quantitative estimate of drug-likeness (QED) is 0.489. The third-order valence-electron chi connectivity index (χ3n) is 2.59. The van der Waals surface area contributed by atoms with E-state index in [4.69, 9.17) is 4.74 Å². The zero-order chi connectivity index (χ0) is 14.9. The van der Waals surface area contributed by atoms with Gasteiger partial charge in [0.15, 0.2) is 11.3 Å². The van der Waals surface area contributed by atoms with Crippen LogP contribution in [0.2, 0.25) is 0 Å². The van der Waals surface area contributed by atoms with Crippen LogP contribution in [-0.4, -0.2) is 46.8 Å². The fraction of sp³-hybridized carbons (Fsp3) is 0.364. The van der Waals surface area contributed by atoms with Gasteiger partial charge in [0.1, 0.15) is 15.4 Å². The zero-order valence-corrected chi connectivity index (χ0v) is 11.7. The first-order chi connectivity index (χ1) is 9.28. The maximum absolute atomic E-state index is 11.8. The molecule has 1 aromatic heterocycles. The summed E-state index contributed by atoms with van der Waals surface area (Å²) in [5.74, 6) is -1.66. The molecule has 0 amide bonds. The Morgan fingerprint density at radius 1 is 1.50 bits per heavy atom. The van der Waals surface area contributed by atoms with E-state index in [1.165, 1.54) is 13.0 Å². The molecule has 1 heterocycles. The number of hydrogen-bond acceptors (Lipinski definition) is 7. The Labute approximate surface area is 114 Å². The molecule has 0 spiro atoms. The molecule has 0 saturated heterocycles. The van der Waals surface area contributed by atoms with Crippen molar-refractivity contribution in [1.29, 1.82) is 0 Å². The fourth-order valence-corrected chi connectivity index (χ4v) is 2.77. The van der Waals surface area contributed by atoms with Crippen LogP contribution in [0.25, 0.3) is 11.0 Å². The third-order valence-corrected chi connectivity index (χ3v) is 3.69. The molecule has 0 fully saturated rings. The van der Waals surface area contributed by atoms with Gasteiger partial charge in [-0.1, -0.05) is 17.8 Å². The maximum Gasteiger partial charge on any atom is 0.315 e. The summed E-state index contributed by atoms with van der Waals surface area (Å²) in [5.41, 5.74) is 0.501. The Bertz CT molecular complexity index is 753. The highest BCUT2D eigenvalue weighted by atomic mass is 32.2. The molecule has 2 rings (SSSR count). The van der Waals surface area contributed by atoms with E-state index in [0.29, 0.717) is 4.85 Å². The van der Waals surface area contributed by atoms with Gasteiger partial charge in [-0.05, 0) is 17.3 Å². The van der Waals surface area contributed by atoms with Gasteiger partial charge in [-0.2, -0.15) is 0 Å². The van der Waals surface area contributed by atoms with Crippen molar-refractivity contribution in [2.24, 2.45) is 5.92 Å². The van der Waals surface area contributed by atoms with Crippen LogP contribution in [0.3, 0.4) is 0 Å². The molecule has 1 N–H and O–H groups in total. The van der Waals surface area contributed by atoms with Crippen molar-refractivity contribution >= 4 is 26.8 Å². The molecule has 9 heteroatoms. The van der Waals surface area contributed by atoms with E-state index in [1.807, 2.05) is 0 Å². The standard InChI is InChI=1S/C11H13N3O5S/c1-7(6-20(2,17)18)11(15)19-9-5-3-4-8-10(9)12-13-14(8)16/h3-5,7,16H,6H2,1-2H3. The summed E-state index contributed by atoms with van der Waals surface area (Å²) in [4.78, 5) is 12.4. The number of fused-ring (bicyclic) bond motifs is 1. The Kier molecular flexibility index (Phi) is 3.62. The molecule has 108 valence electrons. The summed E-state index contributed by atoms with van der Waals surface area (Å²) in [6.45, 7) is 1.46. The first-order valence-electron chi connectivity index (χ1n) is 5.71. The summed E-state index contributed by atoms with van der Waals surface area (Å²) >= 11 is 0. The van der Waals surface area contributed by atoms with Crippen LogP contribution in [0, 0.1) is 5.92 Å². The molecule has 0 aliphatic rings. The number of aromatic nitrogens is 3. The monoisotopic (exact) mass is 299 g/mol. The van der Waals surface area contributed by atoms with E-state index in [1.54, 1.807) is 12.1 Å². The van der Waals surface area contributed by atoms with Crippen molar-refractivity contribution in [2.45, 2.75) is 6.92 Å². The Morgan fingerprint density at radius 2 is 2.20 bits per heavy atom. The number of esters is 1. The van der Waals surface area contributed by atoms with E-state index < -0.39 is 21.7 Å². The average Bonchev–Trinajstić information content (AvgIpc) is 2.70. The Balaban J connectivity index is 2.22. The van der Waals surface area contributed by atoms with Gasteiger partial charge >= 0.3 is 5.97 Å². The number of carbonyl (C=O) groups excluding carboxylic acids is 1. The lowest BCUT2D eigenvalue weighted by molar-refractivity contribution is -0.137. The van der Waals surface area contributed by atoms with Gasteiger partial charge in [-0.15, -0.1) is 5.10 Å². The predicted octanol–water partition coefficient (Wildman–Crippen LogP) is 0.255. The van der Waals surface area contributed by atoms with Crippen molar-refractivity contribution in [3.8, 4) is 5.75 Å². The topological polar surface area (TPSA) is 111 Å². The molecular weight excluding hydrogens is 286 g/mol. The molecular formula is C11H13N3O5S. The maximum atomic E-state index is 11.8. The van der Waals surface area contributed by atoms with Crippen molar-refractivity contribution < 1.29 is 23.2 Å². The second-order valence-electron chi connectivity index (χ2n) is 4.52. The molecule has 0 saturated carbocycles. The van der Waals surface area contributed by atoms with Gasteiger partial charge in [-0.25, -0.2) is 8.42 Å². The van der Waals surface area contributed by atoms with E-state index in [0.717, 1.165) is 6.26 Å². The first-order valence-corrected chi connectivity index (χ1v) is 7.77. The second-order valence-corrected chi connectivity index (χ2v) is 6.70. The molecule has 1 atom stereocenters. The lowest BCUT2D eigenvalue weighted by Gasteiger charge is -2.10. The van der Waals surface area contributed by atoms with Crippen LogP contribution in [0.15, 0.2) is 18.2 Å². The van der Waals surface area contributed by atoms with Gasteiger partial charge in [-0.3, -0.25) is 4.79 Å². The van der Waals surface area contributed by atoms with Gasteiger partial charge in [0.2, 0.25) is 0 Å². The van der Waals surface area contributed by atoms with E-state index in [2.05, 4.69) is 10.3 Å². The number of hydrogen-bond donors (Lipinski definition) is 1. The van der Waals surface area contributed by atoms with Crippen LogP contribution in [0.4, 0.5) is 0 Å². The molecule has 0 bridgehead atoms. The van der Waals surface area contributed by atoms with E-state index in [-0.39, 0.29) is 22.5 Å². The molecule has 8 nitrogen and oxygen atoms in total. The predicted molar refractivity (Wildman–Crippen MR) is 69.2 cm³/mol. The third kappa shape index (κ3) is 3.05. The summed E-state index contributed by atoms with van der Waals surface area (Å²) in [7, 11) is -3.27. The molecule has 0 aliphatic heterocycles. The van der Waals surface area contributed by atoms with Crippen LogP contribution in [0.5, 0.6) is 5.75 Å². The fourth-order valence-electron chi connectivity index (χ4n) is 1.72. The molecule has 2 aromatic rings. The Hall–Kier alpha value is -2.16. The first kappa shape index (κ1) is 14.3. The number of ether oxygens (including phenoxy) is 1. The van der Waals surface area contributed by atoms with Crippen LogP contribution >= 0.6 is 0 Å². The smallest absolute Gasteiger partial charge is 0.315 e.